The van der Waals surface area contributed by atoms with Gasteiger partial charge in [0.2, 0.25) is 5.95 Å². The number of hydrogen-bond donors (Lipinski definition) is 4. The van der Waals surface area contributed by atoms with Crippen LogP contribution in [0, 0.1) is 12.8 Å². The standard InChI is InChI=1S/C26H32N6O2/c1-18-5-2-3-6-23(18)29-26(34)31-25-28-15-22(24(33)30-25)21-11-9-20(10-12-21)17-32(14-4-13-27)16-19-7-8-19/h2-3,5-6,9-12,15,19H,4,7-8,13-14,16-17,27H2,1H3,(H3,28,29,30,31,33,34). The van der Waals surface area contributed by atoms with Crippen LogP contribution < -0.4 is 21.9 Å². The fourth-order valence-corrected chi connectivity index (χ4v) is 3.90. The Balaban J connectivity index is 1.38. The lowest BCUT2D eigenvalue weighted by Crippen LogP contribution is -2.28. The lowest BCUT2D eigenvalue weighted by atomic mass is 10.1. The molecule has 0 atom stereocenters. The normalized spacial score (nSPS) is 13.1. The van der Waals surface area contributed by atoms with Crippen molar-refractivity contribution in [2.45, 2.75) is 32.7 Å². The second-order valence-electron chi connectivity index (χ2n) is 8.88. The molecule has 0 aliphatic heterocycles. The second-order valence-corrected chi connectivity index (χ2v) is 8.88. The van der Waals surface area contributed by atoms with Gasteiger partial charge in [-0.1, -0.05) is 42.5 Å². The zero-order valence-electron chi connectivity index (χ0n) is 19.5. The molecule has 1 aliphatic rings. The summed E-state index contributed by atoms with van der Waals surface area (Å²) in [5.74, 6) is 0.916. The number of rotatable bonds is 10. The number of para-hydroxylation sites is 1. The van der Waals surface area contributed by atoms with Gasteiger partial charge >= 0.3 is 6.03 Å². The SMILES string of the molecule is Cc1ccccc1NC(=O)Nc1nc(=O)c(-c2ccc(CN(CCCN)CC3CC3)cc2)c[nH]1. The van der Waals surface area contributed by atoms with Crippen LogP contribution in [0.25, 0.3) is 11.1 Å². The van der Waals surface area contributed by atoms with E-state index < -0.39 is 11.6 Å². The number of hydrogen-bond acceptors (Lipinski definition) is 5. The van der Waals surface area contributed by atoms with Gasteiger partial charge in [-0.25, -0.2) is 4.79 Å². The number of carbonyl (C=O) groups excluding carboxylic acids is 1. The molecule has 8 nitrogen and oxygen atoms in total. The molecule has 178 valence electrons. The molecule has 0 unspecified atom stereocenters. The predicted molar refractivity (Wildman–Crippen MR) is 136 cm³/mol. The molecule has 3 aromatic rings. The van der Waals surface area contributed by atoms with Crippen molar-refractivity contribution in [1.82, 2.24) is 14.9 Å². The van der Waals surface area contributed by atoms with Crippen molar-refractivity contribution in [2.24, 2.45) is 11.7 Å². The van der Waals surface area contributed by atoms with E-state index >= 15 is 0 Å². The number of amides is 2. The Labute approximate surface area is 199 Å². The van der Waals surface area contributed by atoms with Gasteiger partial charge in [-0.05, 0) is 68.0 Å². The van der Waals surface area contributed by atoms with Gasteiger partial charge in [0.05, 0.1) is 5.56 Å². The molecule has 1 aliphatic carbocycles. The first-order valence-electron chi connectivity index (χ1n) is 11.8. The third-order valence-corrected chi connectivity index (χ3v) is 5.99. The molecule has 0 spiro atoms. The van der Waals surface area contributed by atoms with Crippen molar-refractivity contribution in [3.05, 3.63) is 76.2 Å². The summed E-state index contributed by atoms with van der Waals surface area (Å²) >= 11 is 0. The first kappa shape index (κ1) is 23.7. The maximum atomic E-state index is 12.6. The molecule has 34 heavy (non-hydrogen) atoms. The average Bonchev–Trinajstić information content (AvgIpc) is 3.64. The summed E-state index contributed by atoms with van der Waals surface area (Å²) in [6.45, 7) is 5.61. The molecule has 8 heteroatoms. The van der Waals surface area contributed by atoms with Crippen LogP contribution in [0.2, 0.25) is 0 Å². The monoisotopic (exact) mass is 460 g/mol. The van der Waals surface area contributed by atoms with Crippen LogP contribution in [0.1, 0.15) is 30.4 Å². The van der Waals surface area contributed by atoms with Crippen molar-refractivity contribution < 1.29 is 4.79 Å². The quantitative estimate of drug-likeness (QED) is 0.366. The summed E-state index contributed by atoms with van der Waals surface area (Å²) in [5.41, 5.74) is 9.37. The number of aryl methyl sites for hydroxylation is 1. The highest BCUT2D eigenvalue weighted by Gasteiger charge is 2.24. The van der Waals surface area contributed by atoms with E-state index in [1.54, 1.807) is 12.3 Å². The highest BCUT2D eigenvalue weighted by atomic mass is 16.2. The van der Waals surface area contributed by atoms with Gasteiger partial charge in [-0.15, -0.1) is 0 Å². The Morgan fingerprint density at radius 2 is 1.91 bits per heavy atom. The zero-order valence-corrected chi connectivity index (χ0v) is 19.5. The van der Waals surface area contributed by atoms with E-state index in [0.717, 1.165) is 43.1 Å². The van der Waals surface area contributed by atoms with Crippen molar-refractivity contribution in [1.29, 1.82) is 0 Å². The fourth-order valence-electron chi connectivity index (χ4n) is 3.90. The number of nitrogens with zero attached hydrogens (tertiary/aromatic N) is 2. The summed E-state index contributed by atoms with van der Waals surface area (Å²) in [4.78, 5) is 34.3. The van der Waals surface area contributed by atoms with Crippen LogP contribution >= 0.6 is 0 Å². The lowest BCUT2D eigenvalue weighted by molar-refractivity contribution is 0.253. The maximum absolute atomic E-state index is 12.6. The maximum Gasteiger partial charge on any atom is 0.326 e. The van der Waals surface area contributed by atoms with Crippen LogP contribution in [0.15, 0.2) is 59.5 Å². The first-order valence-corrected chi connectivity index (χ1v) is 11.8. The van der Waals surface area contributed by atoms with Gasteiger partial charge in [0.15, 0.2) is 0 Å². The number of H-pyrrole nitrogens is 1. The summed E-state index contributed by atoms with van der Waals surface area (Å²) in [7, 11) is 0. The van der Waals surface area contributed by atoms with Crippen molar-refractivity contribution >= 4 is 17.7 Å². The van der Waals surface area contributed by atoms with Crippen LogP contribution in [0.3, 0.4) is 0 Å². The first-order chi connectivity index (χ1) is 16.5. The van der Waals surface area contributed by atoms with Crippen LogP contribution in [-0.4, -0.2) is 40.5 Å². The highest BCUT2D eigenvalue weighted by Crippen LogP contribution is 2.30. The topological polar surface area (TPSA) is 116 Å². The van der Waals surface area contributed by atoms with Crippen LogP contribution in [0.5, 0.6) is 0 Å². The number of aromatic nitrogens is 2. The van der Waals surface area contributed by atoms with Gasteiger partial charge in [-0.2, -0.15) is 4.98 Å². The molecular weight excluding hydrogens is 428 g/mol. The molecular formula is C26H32N6O2. The van der Waals surface area contributed by atoms with E-state index in [1.807, 2.05) is 37.3 Å². The number of nitrogens with two attached hydrogens (primary N) is 1. The number of nitrogens with one attached hydrogen (secondary N) is 3. The molecule has 1 saturated carbocycles. The van der Waals surface area contributed by atoms with E-state index in [0.29, 0.717) is 17.8 Å². The molecule has 2 aromatic carbocycles. The molecule has 0 saturated heterocycles. The number of carbonyl (C=O) groups is 1. The number of anilines is 2. The van der Waals surface area contributed by atoms with E-state index in [1.165, 1.54) is 18.4 Å². The second kappa shape index (κ2) is 11.1. The van der Waals surface area contributed by atoms with Gasteiger partial charge in [0.25, 0.3) is 5.56 Å². The summed E-state index contributed by atoms with van der Waals surface area (Å²) in [6, 6.07) is 15.0. The van der Waals surface area contributed by atoms with E-state index in [-0.39, 0.29) is 5.95 Å². The Kier molecular flexibility index (Phi) is 7.72. The fraction of sp³-hybridized carbons (Fsp3) is 0.346. The van der Waals surface area contributed by atoms with Gasteiger partial charge in [-0.3, -0.25) is 15.0 Å². The van der Waals surface area contributed by atoms with Crippen LogP contribution in [-0.2, 0) is 6.54 Å². The van der Waals surface area contributed by atoms with Gasteiger partial charge in [0, 0.05) is 25.0 Å². The zero-order chi connectivity index (χ0) is 23.9. The molecule has 1 aromatic heterocycles. The molecule has 1 heterocycles. The molecule has 0 bridgehead atoms. The third kappa shape index (κ3) is 6.52. The smallest absolute Gasteiger partial charge is 0.326 e. The minimum atomic E-state index is -0.472. The van der Waals surface area contributed by atoms with E-state index in [9.17, 15) is 9.59 Å². The van der Waals surface area contributed by atoms with Crippen molar-refractivity contribution in [3.8, 4) is 11.1 Å². The summed E-state index contributed by atoms with van der Waals surface area (Å²) in [6.07, 6.45) is 5.22. The number of aromatic amines is 1. The van der Waals surface area contributed by atoms with Crippen molar-refractivity contribution in [2.75, 3.05) is 30.3 Å². The summed E-state index contributed by atoms with van der Waals surface area (Å²) < 4.78 is 0. The number of urea groups is 1. The largest absolute Gasteiger partial charge is 0.331 e. The molecule has 4 rings (SSSR count). The van der Waals surface area contributed by atoms with Gasteiger partial charge in [0.1, 0.15) is 0 Å². The number of benzene rings is 2. The Bertz CT molecular complexity index is 1170. The van der Waals surface area contributed by atoms with E-state index in [4.69, 9.17) is 5.73 Å². The Morgan fingerprint density at radius 3 is 2.59 bits per heavy atom. The Morgan fingerprint density at radius 1 is 1.15 bits per heavy atom. The minimum Gasteiger partial charge on any atom is -0.331 e. The van der Waals surface area contributed by atoms with Crippen molar-refractivity contribution in [3.63, 3.8) is 0 Å². The predicted octanol–water partition coefficient (Wildman–Crippen LogP) is 3.95. The van der Waals surface area contributed by atoms with E-state index in [2.05, 4.69) is 37.6 Å². The minimum absolute atomic E-state index is 0.0899. The summed E-state index contributed by atoms with van der Waals surface area (Å²) in [5, 5.41) is 5.33. The molecule has 2 amide bonds. The lowest BCUT2D eigenvalue weighted by Gasteiger charge is -2.22. The average molecular weight is 461 g/mol. The highest BCUT2D eigenvalue weighted by molar-refractivity contribution is 5.99. The molecule has 0 radical (unpaired) electrons. The molecule has 5 N–H and O–H groups in total. The van der Waals surface area contributed by atoms with Crippen LogP contribution in [0.4, 0.5) is 16.4 Å². The van der Waals surface area contributed by atoms with Gasteiger partial charge < -0.3 is 16.0 Å². The molecule has 1 fully saturated rings. The third-order valence-electron chi connectivity index (χ3n) is 5.99. The Hall–Kier alpha value is -3.49.